The van der Waals surface area contributed by atoms with E-state index in [1.54, 1.807) is 0 Å². The summed E-state index contributed by atoms with van der Waals surface area (Å²) in [5.41, 5.74) is 17.3. The van der Waals surface area contributed by atoms with Crippen molar-refractivity contribution in [1.82, 2.24) is 15.5 Å². The number of hydrogen-bond acceptors (Lipinski definition) is 6. The Morgan fingerprint density at radius 1 is 0.789 bits per heavy atom. The summed E-state index contributed by atoms with van der Waals surface area (Å²) in [6.07, 6.45) is 0. The third-order valence-corrected chi connectivity index (χ3v) is 2.69. The molecule has 0 radical (unpaired) electrons. The Morgan fingerprint density at radius 3 is 1.53 bits per heavy atom. The average molecular weight is 274 g/mol. The summed E-state index contributed by atoms with van der Waals surface area (Å²) in [5.74, 6) is 0. The normalized spacial score (nSPS) is 16.6. The van der Waals surface area contributed by atoms with E-state index in [0.717, 1.165) is 45.8 Å². The van der Waals surface area contributed by atoms with Crippen LogP contribution in [-0.2, 0) is 0 Å². The van der Waals surface area contributed by atoms with Gasteiger partial charge in [-0.25, -0.2) is 0 Å². The molecule has 6 heteroatoms. The van der Waals surface area contributed by atoms with Crippen LogP contribution in [0.1, 0.15) is 20.8 Å². The molecule has 0 aliphatic heterocycles. The summed E-state index contributed by atoms with van der Waals surface area (Å²) in [5, 5.41) is 6.70. The van der Waals surface area contributed by atoms with Crippen molar-refractivity contribution >= 4 is 0 Å². The van der Waals surface area contributed by atoms with E-state index in [1.807, 2.05) is 20.8 Å². The summed E-state index contributed by atoms with van der Waals surface area (Å²) >= 11 is 0. The lowest BCUT2D eigenvalue weighted by Crippen LogP contribution is -2.44. The van der Waals surface area contributed by atoms with Gasteiger partial charge in [0.15, 0.2) is 0 Å². The molecule has 19 heavy (non-hydrogen) atoms. The Bertz CT molecular complexity index is 180. The van der Waals surface area contributed by atoms with Crippen LogP contribution in [0.5, 0.6) is 0 Å². The molecule has 0 aromatic rings. The van der Waals surface area contributed by atoms with Crippen molar-refractivity contribution in [2.24, 2.45) is 17.2 Å². The Balaban J connectivity index is 3.75. The average Bonchev–Trinajstić information content (AvgIpc) is 2.28. The second-order valence-electron chi connectivity index (χ2n) is 5.64. The van der Waals surface area contributed by atoms with Gasteiger partial charge in [-0.05, 0) is 20.8 Å². The van der Waals surface area contributed by atoms with Crippen LogP contribution in [0.25, 0.3) is 0 Å². The fraction of sp³-hybridized carbons (Fsp3) is 1.00. The molecule has 0 aliphatic carbocycles. The molecule has 0 aliphatic rings. The van der Waals surface area contributed by atoms with Gasteiger partial charge < -0.3 is 27.8 Å². The van der Waals surface area contributed by atoms with E-state index in [9.17, 15) is 0 Å². The predicted octanol–water partition coefficient (Wildman–Crippen LogP) is -1.49. The zero-order valence-electron chi connectivity index (χ0n) is 12.9. The SMILES string of the molecule is CC(N)CNCCN(CCNCC(C)N)CC(C)N. The van der Waals surface area contributed by atoms with Crippen molar-refractivity contribution in [3.63, 3.8) is 0 Å². The number of rotatable bonds is 12. The minimum atomic E-state index is 0.196. The molecule has 3 atom stereocenters. The minimum Gasteiger partial charge on any atom is -0.327 e. The highest BCUT2D eigenvalue weighted by molar-refractivity contribution is 4.68. The largest absolute Gasteiger partial charge is 0.327 e. The van der Waals surface area contributed by atoms with Crippen LogP contribution in [0.3, 0.4) is 0 Å². The van der Waals surface area contributed by atoms with Crippen LogP contribution < -0.4 is 27.8 Å². The molecule has 0 rings (SSSR count). The zero-order chi connectivity index (χ0) is 14.7. The van der Waals surface area contributed by atoms with Crippen LogP contribution in [-0.4, -0.2) is 68.8 Å². The second-order valence-corrected chi connectivity index (χ2v) is 5.64. The van der Waals surface area contributed by atoms with Crippen molar-refractivity contribution in [1.29, 1.82) is 0 Å². The molecular weight excluding hydrogens is 240 g/mol. The fourth-order valence-electron chi connectivity index (χ4n) is 1.84. The van der Waals surface area contributed by atoms with Gasteiger partial charge in [-0.3, -0.25) is 4.90 Å². The Kier molecular flexibility index (Phi) is 11.4. The first kappa shape index (κ1) is 18.8. The zero-order valence-corrected chi connectivity index (χ0v) is 12.9. The van der Waals surface area contributed by atoms with Crippen LogP contribution in [0.15, 0.2) is 0 Å². The van der Waals surface area contributed by atoms with Gasteiger partial charge in [0.1, 0.15) is 0 Å². The van der Waals surface area contributed by atoms with E-state index in [1.165, 1.54) is 0 Å². The molecule has 8 N–H and O–H groups in total. The number of nitrogens with one attached hydrogen (secondary N) is 2. The first-order chi connectivity index (χ1) is 8.91. The Hall–Kier alpha value is -0.240. The maximum Gasteiger partial charge on any atom is 0.0139 e. The maximum absolute atomic E-state index is 5.88. The summed E-state index contributed by atoms with van der Waals surface area (Å²) < 4.78 is 0. The lowest BCUT2D eigenvalue weighted by atomic mass is 10.3. The highest BCUT2D eigenvalue weighted by atomic mass is 15.2. The van der Waals surface area contributed by atoms with Crippen LogP contribution in [0.2, 0.25) is 0 Å². The smallest absolute Gasteiger partial charge is 0.0139 e. The van der Waals surface area contributed by atoms with Gasteiger partial charge in [0.25, 0.3) is 0 Å². The molecule has 0 fully saturated rings. The number of hydrogen-bond donors (Lipinski definition) is 5. The van der Waals surface area contributed by atoms with Gasteiger partial charge in [-0.15, -0.1) is 0 Å². The van der Waals surface area contributed by atoms with Crippen LogP contribution >= 0.6 is 0 Å². The molecule has 0 aromatic carbocycles. The summed E-state index contributed by atoms with van der Waals surface area (Å²) in [7, 11) is 0. The van der Waals surface area contributed by atoms with Crippen molar-refractivity contribution in [2.75, 3.05) is 45.8 Å². The monoisotopic (exact) mass is 274 g/mol. The summed E-state index contributed by atoms with van der Waals surface area (Å²) in [6, 6.07) is 0.603. The number of nitrogens with two attached hydrogens (primary N) is 3. The van der Waals surface area contributed by atoms with Gasteiger partial charge >= 0.3 is 0 Å². The lowest BCUT2D eigenvalue weighted by molar-refractivity contribution is 0.259. The second kappa shape index (κ2) is 11.6. The Labute approximate surface area is 118 Å². The van der Waals surface area contributed by atoms with E-state index in [2.05, 4.69) is 15.5 Å². The molecule has 0 amide bonds. The standard InChI is InChI=1S/C13H34N6/c1-11(14)8-17-4-6-19(10-13(3)16)7-5-18-9-12(2)15/h11-13,17-18H,4-10,14-16H2,1-3H3. The van der Waals surface area contributed by atoms with Gasteiger partial charge in [0, 0.05) is 63.9 Å². The molecule has 3 unspecified atom stereocenters. The van der Waals surface area contributed by atoms with Crippen molar-refractivity contribution < 1.29 is 0 Å². The number of nitrogens with zero attached hydrogens (tertiary/aromatic N) is 1. The molecule has 6 nitrogen and oxygen atoms in total. The Morgan fingerprint density at radius 2 is 1.21 bits per heavy atom. The van der Waals surface area contributed by atoms with Gasteiger partial charge in [-0.1, -0.05) is 0 Å². The topological polar surface area (TPSA) is 105 Å². The van der Waals surface area contributed by atoms with Crippen molar-refractivity contribution in [2.45, 2.75) is 38.9 Å². The molecule has 116 valence electrons. The first-order valence-corrected chi connectivity index (χ1v) is 7.32. The van der Waals surface area contributed by atoms with E-state index < -0.39 is 0 Å². The van der Waals surface area contributed by atoms with E-state index in [4.69, 9.17) is 17.2 Å². The maximum atomic E-state index is 5.88. The van der Waals surface area contributed by atoms with E-state index in [0.29, 0.717) is 0 Å². The highest BCUT2D eigenvalue weighted by Crippen LogP contribution is 1.89. The molecule has 0 heterocycles. The third kappa shape index (κ3) is 14.0. The fourth-order valence-corrected chi connectivity index (χ4v) is 1.84. The third-order valence-electron chi connectivity index (χ3n) is 2.69. The van der Waals surface area contributed by atoms with Crippen LogP contribution in [0, 0.1) is 0 Å². The minimum absolute atomic E-state index is 0.196. The van der Waals surface area contributed by atoms with Crippen molar-refractivity contribution in [3.8, 4) is 0 Å². The van der Waals surface area contributed by atoms with Gasteiger partial charge in [0.2, 0.25) is 0 Å². The highest BCUT2D eigenvalue weighted by Gasteiger charge is 2.07. The molecule has 0 bridgehead atoms. The van der Waals surface area contributed by atoms with Crippen LogP contribution in [0.4, 0.5) is 0 Å². The molecule has 0 saturated heterocycles. The predicted molar refractivity (Wildman–Crippen MR) is 83.1 cm³/mol. The van der Waals surface area contributed by atoms with Crippen molar-refractivity contribution in [3.05, 3.63) is 0 Å². The lowest BCUT2D eigenvalue weighted by Gasteiger charge is -2.25. The van der Waals surface area contributed by atoms with E-state index in [-0.39, 0.29) is 18.1 Å². The molecule has 0 aromatic heterocycles. The first-order valence-electron chi connectivity index (χ1n) is 7.32. The van der Waals surface area contributed by atoms with Gasteiger partial charge in [0.05, 0.1) is 0 Å². The van der Waals surface area contributed by atoms with E-state index >= 15 is 0 Å². The van der Waals surface area contributed by atoms with Gasteiger partial charge in [-0.2, -0.15) is 0 Å². The molecule has 0 spiro atoms. The molecular formula is C13H34N6. The molecule has 0 saturated carbocycles. The quantitative estimate of drug-likeness (QED) is 0.278. The summed E-state index contributed by atoms with van der Waals surface area (Å²) in [6.45, 7) is 12.6. The summed E-state index contributed by atoms with van der Waals surface area (Å²) in [4.78, 5) is 2.37.